The molecule has 1 amide bonds. The molecule has 3 heterocycles. The van der Waals surface area contributed by atoms with Crippen molar-refractivity contribution in [2.45, 2.75) is 71.6 Å². The number of alkyl halides is 2. The number of amides is 1. The van der Waals surface area contributed by atoms with Gasteiger partial charge in [-0.05, 0) is 61.9 Å². The van der Waals surface area contributed by atoms with Crippen LogP contribution in [0.25, 0.3) is 35.2 Å². The van der Waals surface area contributed by atoms with Gasteiger partial charge in [0.1, 0.15) is 11.3 Å². The van der Waals surface area contributed by atoms with Gasteiger partial charge in [0.05, 0.1) is 24.9 Å². The molecule has 214 valence electrons. The summed E-state index contributed by atoms with van der Waals surface area (Å²) in [5.74, 6) is 1.34. The fourth-order valence-corrected chi connectivity index (χ4v) is 5.90. The van der Waals surface area contributed by atoms with E-state index in [9.17, 15) is 13.6 Å². The molecule has 0 bridgehead atoms. The number of nitrogens with zero attached hydrogens (tertiary/aromatic N) is 4. The van der Waals surface area contributed by atoms with E-state index in [-0.39, 0.29) is 23.9 Å². The molecule has 0 spiro atoms. The first-order chi connectivity index (χ1) is 19.2. The second-order valence-electron chi connectivity index (χ2n) is 11.1. The van der Waals surface area contributed by atoms with Gasteiger partial charge in [0, 0.05) is 36.1 Å². The van der Waals surface area contributed by atoms with E-state index in [1.165, 1.54) is 11.7 Å². The number of ether oxygens (including phenoxy) is 1. The third-order valence-electron chi connectivity index (χ3n) is 8.48. The normalized spacial score (nSPS) is 21.9. The van der Waals surface area contributed by atoms with E-state index < -0.39 is 13.0 Å². The second kappa shape index (κ2) is 11.2. The number of carbonyl (C=O) groups excluding carboxylic acids is 1. The van der Waals surface area contributed by atoms with E-state index in [0.717, 1.165) is 42.1 Å². The van der Waals surface area contributed by atoms with E-state index in [0.29, 0.717) is 40.6 Å². The van der Waals surface area contributed by atoms with Crippen LogP contribution in [0.4, 0.5) is 8.78 Å². The number of carbonyl (C=O) groups is 1. The highest BCUT2D eigenvalue weighted by Crippen LogP contribution is 2.36. The molecule has 40 heavy (non-hydrogen) atoms. The summed E-state index contributed by atoms with van der Waals surface area (Å²) in [6, 6.07) is 5.08. The number of benzene rings is 1. The highest BCUT2D eigenvalue weighted by molar-refractivity contribution is 6.00. The molecule has 1 aliphatic heterocycles. The Bertz CT molecular complexity index is 1550. The lowest BCUT2D eigenvalue weighted by Crippen LogP contribution is -2.41. The molecule has 9 heteroatoms. The number of fused-ring (bicyclic) bond motifs is 1. The molecular formula is C31H39F2N5O2. The molecular weight excluding hydrogens is 512 g/mol. The first-order valence-corrected chi connectivity index (χ1v) is 14.1. The quantitative estimate of drug-likeness (QED) is 0.434. The molecule has 3 aromatic rings. The Hall–Kier alpha value is -3.46. The van der Waals surface area contributed by atoms with Crippen LogP contribution in [0.2, 0.25) is 0 Å². The molecule has 3 unspecified atom stereocenters. The van der Waals surface area contributed by atoms with Gasteiger partial charge in [-0.3, -0.25) is 4.79 Å². The first-order valence-electron chi connectivity index (χ1n) is 14.1. The summed E-state index contributed by atoms with van der Waals surface area (Å²) in [4.78, 5) is 20.4. The highest BCUT2D eigenvalue weighted by Gasteiger charge is 2.39. The van der Waals surface area contributed by atoms with E-state index in [4.69, 9.17) is 15.5 Å². The molecule has 2 aliphatic rings. The number of hydrogen-bond acceptors (Lipinski definition) is 4. The zero-order valence-electron chi connectivity index (χ0n) is 23.7. The van der Waals surface area contributed by atoms with Gasteiger partial charge in [-0.15, -0.1) is 0 Å². The number of imidazole rings is 1. The Morgan fingerprint density at radius 3 is 2.62 bits per heavy atom. The molecule has 7 nitrogen and oxygen atoms in total. The van der Waals surface area contributed by atoms with Gasteiger partial charge in [-0.25, -0.2) is 13.8 Å². The zero-order valence-corrected chi connectivity index (χ0v) is 23.7. The van der Waals surface area contributed by atoms with Crippen LogP contribution in [-0.4, -0.2) is 57.1 Å². The van der Waals surface area contributed by atoms with Gasteiger partial charge in [0.15, 0.2) is 5.82 Å². The standard InChI is InChI=1S/C31H39F2N5O2/c1-6-8-9-22-13-25(36(18(22)3)15-20-10-11-20)30-35-24-12-23(14-26(40-5)29(24)38(30)17-27(32)33)31(39)37-16-21(7-2)28(34)19(37)4/h6,8-9,12-14,19-21,27-28H,3,7,10-11,15-17,34H2,1-2,4-5H3/b8-6-,22-9-. The van der Waals surface area contributed by atoms with Crippen molar-refractivity contribution in [3.63, 3.8) is 0 Å². The van der Waals surface area contributed by atoms with Crippen LogP contribution < -0.4 is 21.0 Å². The maximum Gasteiger partial charge on any atom is 0.256 e. The molecule has 1 aromatic carbocycles. The fraction of sp³-hybridized carbons (Fsp3) is 0.484. The topological polar surface area (TPSA) is 78.3 Å². The van der Waals surface area contributed by atoms with Gasteiger partial charge in [-0.1, -0.05) is 38.2 Å². The minimum Gasteiger partial charge on any atom is -0.494 e. The largest absolute Gasteiger partial charge is 0.494 e. The van der Waals surface area contributed by atoms with Crippen LogP contribution >= 0.6 is 0 Å². The van der Waals surface area contributed by atoms with Crippen molar-refractivity contribution in [2.24, 2.45) is 17.6 Å². The lowest BCUT2D eigenvalue weighted by Gasteiger charge is -2.23. The molecule has 2 aromatic heterocycles. The smallest absolute Gasteiger partial charge is 0.256 e. The predicted octanol–water partition coefficient (Wildman–Crippen LogP) is 4.15. The average Bonchev–Trinajstić information content (AvgIpc) is 3.54. The Morgan fingerprint density at radius 1 is 1.27 bits per heavy atom. The minimum atomic E-state index is -2.61. The lowest BCUT2D eigenvalue weighted by atomic mass is 9.98. The molecule has 3 atom stereocenters. The molecule has 1 saturated heterocycles. The zero-order chi connectivity index (χ0) is 28.7. The van der Waals surface area contributed by atoms with Crippen LogP contribution in [0.3, 0.4) is 0 Å². The molecule has 1 aliphatic carbocycles. The summed E-state index contributed by atoms with van der Waals surface area (Å²) in [5.41, 5.74) is 8.40. The van der Waals surface area contributed by atoms with Crippen molar-refractivity contribution >= 4 is 29.6 Å². The van der Waals surface area contributed by atoms with Crippen LogP contribution in [0.5, 0.6) is 5.75 Å². The average molecular weight is 552 g/mol. The number of likely N-dealkylation sites (tertiary alicyclic amines) is 1. The van der Waals surface area contributed by atoms with Gasteiger partial charge < -0.3 is 24.5 Å². The van der Waals surface area contributed by atoms with Crippen molar-refractivity contribution in [1.29, 1.82) is 0 Å². The highest BCUT2D eigenvalue weighted by atomic mass is 19.3. The Morgan fingerprint density at radius 2 is 2.02 bits per heavy atom. The molecule has 0 radical (unpaired) electrons. The third-order valence-corrected chi connectivity index (χ3v) is 8.48. The monoisotopic (exact) mass is 551 g/mol. The third kappa shape index (κ3) is 5.07. The predicted molar refractivity (Wildman–Crippen MR) is 155 cm³/mol. The summed E-state index contributed by atoms with van der Waals surface area (Å²) in [6.07, 6.45) is 6.39. The molecule has 5 rings (SSSR count). The maximum absolute atomic E-state index is 14.0. The van der Waals surface area contributed by atoms with E-state index in [2.05, 4.69) is 18.1 Å². The summed E-state index contributed by atoms with van der Waals surface area (Å²) >= 11 is 0. The maximum atomic E-state index is 14.0. The molecule has 1 saturated carbocycles. The number of halogens is 2. The van der Waals surface area contributed by atoms with Crippen molar-refractivity contribution in [1.82, 2.24) is 19.0 Å². The van der Waals surface area contributed by atoms with Crippen molar-refractivity contribution in [2.75, 3.05) is 13.7 Å². The SMILES string of the molecule is C=c1/c(=C\C=C/C)cc(-c2nc3cc(C(=O)N4CC(CC)C(N)C4C)cc(OC)c3n2CC(F)F)n1CC1CC1. The number of hydrogen-bond donors (Lipinski definition) is 1. The molecule has 2 N–H and O–H groups in total. The number of aromatic nitrogens is 3. The Balaban J connectivity index is 1.68. The van der Waals surface area contributed by atoms with E-state index in [1.54, 1.807) is 17.0 Å². The Labute approximate surface area is 233 Å². The Kier molecular flexibility index (Phi) is 7.86. The number of nitrogens with two attached hydrogens (primary N) is 1. The number of allylic oxidation sites excluding steroid dienone is 2. The minimum absolute atomic E-state index is 0.0962. The van der Waals surface area contributed by atoms with E-state index in [1.807, 2.05) is 38.1 Å². The molecule has 2 fully saturated rings. The van der Waals surface area contributed by atoms with Gasteiger partial charge in [0.25, 0.3) is 12.3 Å². The van der Waals surface area contributed by atoms with Gasteiger partial charge in [-0.2, -0.15) is 0 Å². The van der Waals surface area contributed by atoms with Crippen LogP contribution in [-0.2, 0) is 13.1 Å². The summed E-state index contributed by atoms with van der Waals surface area (Å²) in [7, 11) is 1.48. The summed E-state index contributed by atoms with van der Waals surface area (Å²) < 4.78 is 37.3. The number of rotatable bonds is 9. The van der Waals surface area contributed by atoms with Crippen molar-refractivity contribution in [3.05, 3.63) is 46.5 Å². The van der Waals surface area contributed by atoms with Crippen LogP contribution in [0, 0.1) is 11.8 Å². The van der Waals surface area contributed by atoms with Gasteiger partial charge in [0.2, 0.25) is 0 Å². The van der Waals surface area contributed by atoms with Crippen LogP contribution in [0.15, 0.2) is 30.4 Å². The fourth-order valence-electron chi connectivity index (χ4n) is 5.90. The second-order valence-corrected chi connectivity index (χ2v) is 11.1. The van der Waals surface area contributed by atoms with Crippen molar-refractivity contribution in [3.8, 4) is 17.3 Å². The summed E-state index contributed by atoms with van der Waals surface area (Å²) in [5, 5.41) is 1.74. The van der Waals surface area contributed by atoms with Gasteiger partial charge >= 0.3 is 0 Å². The number of methoxy groups -OCH3 is 1. The lowest BCUT2D eigenvalue weighted by molar-refractivity contribution is 0.0739. The van der Waals surface area contributed by atoms with E-state index >= 15 is 0 Å². The first kappa shape index (κ1) is 28.1. The van der Waals surface area contributed by atoms with Crippen molar-refractivity contribution < 1.29 is 18.3 Å². The van der Waals surface area contributed by atoms with Crippen LogP contribution in [0.1, 0.15) is 50.4 Å². The summed E-state index contributed by atoms with van der Waals surface area (Å²) in [6.45, 7) is 11.1.